The molecule has 2 amide bonds. The van der Waals surface area contributed by atoms with Crippen LogP contribution in [0.3, 0.4) is 0 Å². The predicted octanol–water partition coefficient (Wildman–Crippen LogP) is 6.06. The molecule has 0 spiro atoms. The Balaban J connectivity index is 1.54. The van der Waals surface area contributed by atoms with Crippen molar-refractivity contribution < 1.29 is 46.3 Å². The Morgan fingerprint density at radius 2 is 1.43 bits per heavy atom. The molecule has 2 N–H and O–H groups in total. The molecule has 1 saturated heterocycles. The van der Waals surface area contributed by atoms with Gasteiger partial charge in [0.1, 0.15) is 29.2 Å². The second-order valence-corrected chi connectivity index (χ2v) is 14.6. The average molecular weight is 717 g/mol. The summed E-state index contributed by atoms with van der Waals surface area (Å²) in [7, 11) is -4.67. The Hall–Kier alpha value is -5.56. The van der Waals surface area contributed by atoms with Crippen molar-refractivity contribution in [3.63, 3.8) is 0 Å². The van der Waals surface area contributed by atoms with Gasteiger partial charge < -0.3 is 28.8 Å². The topological polar surface area (TPSA) is 158 Å². The summed E-state index contributed by atoms with van der Waals surface area (Å²) in [6, 6.07) is 27.3. The molecule has 4 aromatic carbocycles. The highest BCUT2D eigenvalue weighted by atomic mass is 32.2. The van der Waals surface area contributed by atoms with Gasteiger partial charge in [-0.1, -0.05) is 60.7 Å². The largest absolute Gasteiger partial charge is 0.508 e. The molecule has 1 aliphatic rings. The zero-order valence-electron chi connectivity index (χ0n) is 28.4. The number of carbonyl (C=O) groups is 3. The SMILES string of the molecule is CC(C)(C)OC(=O)N1CCCC(S(=O)(=O)Oc2ccccc2OCc2ccccc2)C(NC(=O)c2ccc(O)cc2)C1OC(=O)c1ccccc1. The molecule has 13 heteroatoms. The smallest absolute Gasteiger partial charge is 0.413 e. The number of amides is 2. The number of para-hydroxylation sites is 2. The highest BCUT2D eigenvalue weighted by Gasteiger charge is 2.49. The standard InChI is InChI=1S/C38H40N2O10S/c1-38(2,3)49-37(44)40-24-12-19-32(51(45,46)50-31-18-11-10-17-30(31)47-25-26-13-6-4-7-14-26)33(39-34(42)27-20-22-29(41)23-21-27)35(40)48-36(43)28-15-8-5-9-16-28/h4-11,13-18,20-23,32-33,35,41H,12,19,24-25H2,1-3H3,(H,39,42). The van der Waals surface area contributed by atoms with E-state index in [9.17, 15) is 27.9 Å². The van der Waals surface area contributed by atoms with E-state index in [-0.39, 0.29) is 54.4 Å². The maximum Gasteiger partial charge on any atom is 0.413 e. The molecular weight excluding hydrogens is 676 g/mol. The van der Waals surface area contributed by atoms with Gasteiger partial charge in [-0.05, 0) is 87.7 Å². The van der Waals surface area contributed by atoms with Gasteiger partial charge in [-0.15, -0.1) is 0 Å². The van der Waals surface area contributed by atoms with Crippen molar-refractivity contribution in [3.8, 4) is 17.2 Å². The number of carbonyl (C=O) groups excluding carboxylic acids is 3. The summed E-state index contributed by atoms with van der Waals surface area (Å²) >= 11 is 0. The van der Waals surface area contributed by atoms with Crippen molar-refractivity contribution >= 4 is 28.1 Å². The van der Waals surface area contributed by atoms with Crippen molar-refractivity contribution in [2.75, 3.05) is 6.54 Å². The molecule has 268 valence electrons. The number of nitrogens with zero attached hydrogens (tertiary/aromatic N) is 1. The van der Waals surface area contributed by atoms with Gasteiger partial charge in [0, 0.05) is 12.1 Å². The second-order valence-electron chi connectivity index (χ2n) is 12.9. The molecule has 0 bridgehead atoms. The highest BCUT2D eigenvalue weighted by Crippen LogP contribution is 2.33. The van der Waals surface area contributed by atoms with Crippen LogP contribution < -0.4 is 14.2 Å². The minimum atomic E-state index is -4.67. The number of esters is 1. The van der Waals surface area contributed by atoms with E-state index in [0.29, 0.717) is 0 Å². The summed E-state index contributed by atoms with van der Waals surface area (Å²) in [5, 5.41) is 11.0. The van der Waals surface area contributed by atoms with E-state index in [1.54, 1.807) is 57.2 Å². The van der Waals surface area contributed by atoms with Crippen LogP contribution in [0.25, 0.3) is 0 Å². The molecule has 1 fully saturated rings. The molecule has 51 heavy (non-hydrogen) atoms. The van der Waals surface area contributed by atoms with Crippen molar-refractivity contribution in [1.82, 2.24) is 10.2 Å². The van der Waals surface area contributed by atoms with E-state index in [4.69, 9.17) is 18.4 Å². The molecule has 12 nitrogen and oxygen atoms in total. The minimum Gasteiger partial charge on any atom is -0.508 e. The quantitative estimate of drug-likeness (QED) is 0.146. The molecule has 0 radical (unpaired) electrons. The number of nitrogens with one attached hydrogen (secondary N) is 1. The van der Waals surface area contributed by atoms with Crippen LogP contribution in [0.4, 0.5) is 4.79 Å². The summed E-state index contributed by atoms with van der Waals surface area (Å²) in [5.74, 6) is -1.64. The van der Waals surface area contributed by atoms with Crippen LogP contribution in [0.5, 0.6) is 17.2 Å². The number of likely N-dealkylation sites (tertiary alicyclic amines) is 1. The van der Waals surface area contributed by atoms with E-state index in [2.05, 4.69) is 5.32 Å². The lowest BCUT2D eigenvalue weighted by molar-refractivity contribution is -0.0554. The van der Waals surface area contributed by atoms with Gasteiger partial charge in [0.15, 0.2) is 11.5 Å². The number of hydrogen-bond acceptors (Lipinski definition) is 10. The zero-order chi connectivity index (χ0) is 36.6. The number of ether oxygens (including phenoxy) is 3. The van der Waals surface area contributed by atoms with Gasteiger partial charge in [0.2, 0.25) is 6.23 Å². The van der Waals surface area contributed by atoms with Gasteiger partial charge in [-0.3, -0.25) is 9.69 Å². The van der Waals surface area contributed by atoms with E-state index < -0.39 is 51.2 Å². The third kappa shape index (κ3) is 9.79. The van der Waals surface area contributed by atoms with Gasteiger partial charge in [-0.2, -0.15) is 8.42 Å². The highest BCUT2D eigenvalue weighted by molar-refractivity contribution is 7.87. The van der Waals surface area contributed by atoms with Crippen LogP contribution in [0.1, 0.15) is 59.9 Å². The van der Waals surface area contributed by atoms with Crippen molar-refractivity contribution in [2.24, 2.45) is 0 Å². The van der Waals surface area contributed by atoms with Crippen LogP contribution in [0.2, 0.25) is 0 Å². The van der Waals surface area contributed by atoms with Crippen LogP contribution in [-0.2, 0) is 26.2 Å². The summed E-state index contributed by atoms with van der Waals surface area (Å²) in [5.41, 5.74) is 0.0989. The fraction of sp³-hybridized carbons (Fsp3) is 0.289. The van der Waals surface area contributed by atoms with E-state index in [0.717, 1.165) is 10.5 Å². The Bertz CT molecular complexity index is 1910. The minimum absolute atomic E-state index is 0.0734. The summed E-state index contributed by atoms with van der Waals surface area (Å²) in [4.78, 5) is 42.1. The van der Waals surface area contributed by atoms with Crippen LogP contribution in [-0.4, -0.2) is 66.1 Å². The molecule has 1 aliphatic heterocycles. The lowest BCUT2D eigenvalue weighted by Gasteiger charge is -2.37. The normalized spacial score (nSPS) is 17.8. The van der Waals surface area contributed by atoms with Crippen LogP contribution >= 0.6 is 0 Å². The molecule has 5 rings (SSSR count). The Labute approximate surface area is 297 Å². The first-order valence-electron chi connectivity index (χ1n) is 16.4. The molecule has 4 aromatic rings. The van der Waals surface area contributed by atoms with Crippen LogP contribution in [0.15, 0.2) is 109 Å². The first-order chi connectivity index (χ1) is 24.3. The summed E-state index contributed by atoms with van der Waals surface area (Å²) in [6.07, 6.45) is -2.53. The van der Waals surface area contributed by atoms with Crippen LogP contribution in [0, 0.1) is 0 Å². The number of benzene rings is 4. The maximum atomic E-state index is 14.4. The molecule has 3 unspecified atom stereocenters. The predicted molar refractivity (Wildman–Crippen MR) is 188 cm³/mol. The van der Waals surface area contributed by atoms with Gasteiger partial charge >= 0.3 is 22.2 Å². The molecule has 1 heterocycles. The molecule has 3 atom stereocenters. The number of phenolic OH excluding ortho intramolecular Hbond substituents is 1. The van der Waals surface area contributed by atoms with E-state index in [1.807, 2.05) is 30.3 Å². The van der Waals surface area contributed by atoms with Crippen molar-refractivity contribution in [3.05, 3.63) is 126 Å². The van der Waals surface area contributed by atoms with Gasteiger partial charge in [0.25, 0.3) is 5.91 Å². The zero-order valence-corrected chi connectivity index (χ0v) is 29.2. The molecule has 0 saturated carbocycles. The van der Waals surface area contributed by atoms with Gasteiger partial charge in [-0.25, -0.2) is 9.59 Å². The monoisotopic (exact) mass is 716 g/mol. The Morgan fingerprint density at radius 3 is 2.08 bits per heavy atom. The fourth-order valence-electron chi connectivity index (χ4n) is 5.45. The third-order valence-corrected chi connectivity index (χ3v) is 9.54. The lowest BCUT2D eigenvalue weighted by Crippen LogP contribution is -2.60. The van der Waals surface area contributed by atoms with E-state index >= 15 is 0 Å². The number of phenols is 1. The summed E-state index contributed by atoms with van der Waals surface area (Å²) < 4.78 is 52.0. The average Bonchev–Trinajstić information content (AvgIpc) is 3.28. The number of aromatic hydroxyl groups is 1. The fourth-order valence-corrected chi connectivity index (χ4v) is 6.98. The maximum absolute atomic E-state index is 14.4. The third-order valence-electron chi connectivity index (χ3n) is 7.86. The van der Waals surface area contributed by atoms with Gasteiger partial charge in [0.05, 0.1) is 5.56 Å². The molecule has 0 aliphatic carbocycles. The first-order valence-corrected chi connectivity index (χ1v) is 17.8. The Kier molecular flexibility index (Phi) is 11.5. The Morgan fingerprint density at radius 1 is 0.824 bits per heavy atom. The van der Waals surface area contributed by atoms with Crippen molar-refractivity contribution in [2.45, 2.75) is 63.3 Å². The number of hydrogen-bond donors (Lipinski definition) is 2. The number of rotatable bonds is 10. The molecular formula is C38H40N2O10S. The van der Waals surface area contributed by atoms with Crippen molar-refractivity contribution in [1.29, 1.82) is 0 Å². The second kappa shape index (κ2) is 16.0. The molecule has 0 aromatic heterocycles. The first kappa shape index (κ1) is 36.7. The van der Waals surface area contributed by atoms with E-state index in [1.165, 1.54) is 42.5 Å². The summed E-state index contributed by atoms with van der Waals surface area (Å²) in [6.45, 7) is 5.05. The lowest BCUT2D eigenvalue weighted by atomic mass is 10.1.